The molecule has 4 aliphatic rings. The molecule has 0 amide bonds. The summed E-state index contributed by atoms with van der Waals surface area (Å²) >= 11 is 1.54. The lowest BCUT2D eigenvalue weighted by atomic mass is 9.86. The molecule has 2 heterocycles. The van der Waals surface area contributed by atoms with Gasteiger partial charge in [-0.3, -0.25) is 14.5 Å². The first-order chi connectivity index (χ1) is 15.7. The molecule has 0 aromatic heterocycles. The molecule has 0 atom stereocenters. The summed E-state index contributed by atoms with van der Waals surface area (Å²) in [6.45, 7) is 2.88. The zero-order valence-electron chi connectivity index (χ0n) is 18.3. The van der Waals surface area contributed by atoms with Crippen molar-refractivity contribution in [2.45, 2.75) is 44.1 Å². The van der Waals surface area contributed by atoms with E-state index in [2.05, 4.69) is 53.5 Å². The van der Waals surface area contributed by atoms with E-state index in [9.17, 15) is 9.59 Å². The molecular weight excluding hydrogens is 418 g/mol. The molecular formula is C27H29NO3S. The van der Waals surface area contributed by atoms with Gasteiger partial charge in [0.15, 0.2) is 0 Å². The van der Waals surface area contributed by atoms with Gasteiger partial charge in [0.2, 0.25) is 11.6 Å². The minimum absolute atomic E-state index is 0.242. The van der Waals surface area contributed by atoms with Crippen LogP contribution in [0.3, 0.4) is 0 Å². The fourth-order valence-corrected chi connectivity index (χ4v) is 6.21. The molecule has 1 aromatic rings. The van der Waals surface area contributed by atoms with Crippen LogP contribution in [0.2, 0.25) is 0 Å². The van der Waals surface area contributed by atoms with Crippen molar-refractivity contribution >= 4 is 29.4 Å². The Morgan fingerprint density at radius 3 is 2.66 bits per heavy atom. The van der Waals surface area contributed by atoms with Gasteiger partial charge in [0.05, 0.1) is 0 Å². The van der Waals surface area contributed by atoms with Gasteiger partial charge in [-0.2, -0.15) is 0 Å². The van der Waals surface area contributed by atoms with Gasteiger partial charge < -0.3 is 4.74 Å². The van der Waals surface area contributed by atoms with E-state index in [0.717, 1.165) is 56.6 Å². The molecule has 1 aromatic carbocycles. The number of ether oxygens (including phenoxy) is 1. The molecule has 0 radical (unpaired) electrons. The fourth-order valence-electron chi connectivity index (χ4n) is 4.93. The number of allylic oxidation sites excluding steroid dienone is 5. The molecule has 0 saturated carbocycles. The lowest BCUT2D eigenvalue weighted by Crippen LogP contribution is -2.49. The largest absolute Gasteiger partial charge is 0.485 e. The number of benzene rings is 1. The second-order valence-corrected chi connectivity index (χ2v) is 10.0. The van der Waals surface area contributed by atoms with Crippen LogP contribution in [-0.2, 0) is 14.3 Å². The van der Waals surface area contributed by atoms with Gasteiger partial charge in [-0.25, -0.2) is 0 Å². The Hall–Kier alpha value is -2.37. The van der Waals surface area contributed by atoms with Crippen molar-refractivity contribution in [1.29, 1.82) is 0 Å². The van der Waals surface area contributed by atoms with E-state index in [4.69, 9.17) is 4.74 Å². The molecule has 5 rings (SSSR count). The number of carbonyl (C=O) groups excluding carboxylic acids is 2. The molecule has 166 valence electrons. The number of rotatable bonds is 3. The highest BCUT2D eigenvalue weighted by Gasteiger charge is 2.46. The van der Waals surface area contributed by atoms with Crippen molar-refractivity contribution in [3.63, 3.8) is 0 Å². The molecule has 2 aliphatic carbocycles. The highest BCUT2D eigenvalue weighted by Crippen LogP contribution is 2.47. The molecule has 2 aliphatic heterocycles. The van der Waals surface area contributed by atoms with E-state index in [0.29, 0.717) is 29.1 Å². The van der Waals surface area contributed by atoms with Crippen LogP contribution in [0.1, 0.15) is 44.1 Å². The van der Waals surface area contributed by atoms with Crippen LogP contribution < -0.4 is 0 Å². The summed E-state index contributed by atoms with van der Waals surface area (Å²) in [4.78, 5) is 28.5. The summed E-state index contributed by atoms with van der Waals surface area (Å²) in [5.41, 5.74) is 2.63. The molecule has 1 saturated heterocycles. The number of nitrogens with zero attached hydrogens (tertiary/aromatic N) is 1. The minimum Gasteiger partial charge on any atom is -0.485 e. The lowest BCUT2D eigenvalue weighted by molar-refractivity contribution is -0.132. The van der Waals surface area contributed by atoms with E-state index in [1.54, 1.807) is 11.8 Å². The average Bonchev–Trinajstić information content (AvgIpc) is 2.80. The first-order valence-corrected chi connectivity index (χ1v) is 12.6. The standard InChI is InChI=1S/C27H29NO3S/c29-23-21-12-6-1-2-7-13-22(21)25-26(24(23)30)32-19-27(31-25)14-17-28(18-15-27)16-8-11-20-9-4-3-5-10-20/h2-5,7-11H,1,6,12-19H2/b7-2-,11-8+. The predicted molar refractivity (Wildman–Crippen MR) is 129 cm³/mol. The molecule has 5 heteroatoms. The number of Topliss-reactive ketones (excluding diaryl/α,β-unsaturated/α-hetero) is 2. The van der Waals surface area contributed by atoms with Crippen molar-refractivity contribution in [3.05, 3.63) is 75.9 Å². The van der Waals surface area contributed by atoms with Gasteiger partial charge in [-0.1, -0.05) is 54.6 Å². The predicted octanol–water partition coefficient (Wildman–Crippen LogP) is 5.09. The SMILES string of the molecule is O=C1C(=O)C2=C(OC3(CCN(C/C=C/c4ccccc4)CC3)CS2)C2=C1CCC/C=C\C2. The van der Waals surface area contributed by atoms with Crippen LogP contribution >= 0.6 is 11.8 Å². The molecule has 0 unspecified atom stereocenters. The van der Waals surface area contributed by atoms with Crippen molar-refractivity contribution in [3.8, 4) is 0 Å². The van der Waals surface area contributed by atoms with Gasteiger partial charge in [0, 0.05) is 49.4 Å². The number of ketones is 2. The van der Waals surface area contributed by atoms with Gasteiger partial charge in [-0.15, -0.1) is 11.8 Å². The Bertz CT molecular complexity index is 1030. The van der Waals surface area contributed by atoms with Crippen LogP contribution in [-0.4, -0.2) is 47.5 Å². The third-order valence-electron chi connectivity index (χ3n) is 6.86. The highest BCUT2D eigenvalue weighted by atomic mass is 32.2. The summed E-state index contributed by atoms with van der Waals surface area (Å²) < 4.78 is 6.67. The third-order valence-corrected chi connectivity index (χ3v) is 8.19. The first-order valence-electron chi connectivity index (χ1n) is 11.6. The van der Waals surface area contributed by atoms with Gasteiger partial charge in [0.25, 0.3) is 0 Å². The number of piperidine rings is 1. The lowest BCUT2D eigenvalue weighted by Gasteiger charge is -2.45. The number of likely N-dealkylation sites (tertiary alicyclic amines) is 1. The van der Waals surface area contributed by atoms with Crippen LogP contribution in [0.25, 0.3) is 6.08 Å². The van der Waals surface area contributed by atoms with Crippen LogP contribution in [0.5, 0.6) is 0 Å². The number of hydrogen-bond donors (Lipinski definition) is 0. The summed E-state index contributed by atoms with van der Waals surface area (Å²) in [5, 5.41) is 0. The Kier molecular flexibility index (Phi) is 6.20. The zero-order valence-corrected chi connectivity index (χ0v) is 19.2. The summed E-state index contributed by atoms with van der Waals surface area (Å²) in [7, 11) is 0. The van der Waals surface area contributed by atoms with Crippen LogP contribution in [0, 0.1) is 0 Å². The van der Waals surface area contributed by atoms with Gasteiger partial charge in [-0.05, 0) is 31.2 Å². The van der Waals surface area contributed by atoms with Gasteiger partial charge >= 0.3 is 0 Å². The van der Waals surface area contributed by atoms with Gasteiger partial charge in [0.1, 0.15) is 16.3 Å². The number of carbonyl (C=O) groups is 2. The van der Waals surface area contributed by atoms with E-state index in [1.807, 2.05) is 6.07 Å². The van der Waals surface area contributed by atoms with E-state index in [1.165, 1.54) is 5.56 Å². The normalized spacial score (nSPS) is 24.8. The molecule has 1 spiro atoms. The monoisotopic (exact) mass is 447 g/mol. The van der Waals surface area contributed by atoms with Crippen LogP contribution in [0.15, 0.2) is 70.4 Å². The molecule has 0 bridgehead atoms. The molecule has 1 fully saturated rings. The quantitative estimate of drug-likeness (QED) is 0.367. The van der Waals surface area contributed by atoms with Crippen molar-refractivity contribution in [1.82, 2.24) is 4.90 Å². The Morgan fingerprint density at radius 2 is 1.84 bits per heavy atom. The number of fused-ring (bicyclic) bond motifs is 1. The second kappa shape index (κ2) is 9.24. The highest BCUT2D eigenvalue weighted by molar-refractivity contribution is 8.04. The summed E-state index contributed by atoms with van der Waals surface area (Å²) in [5.74, 6) is 0.800. The maximum atomic E-state index is 12.8. The van der Waals surface area contributed by atoms with E-state index in [-0.39, 0.29) is 17.2 Å². The molecule has 0 N–H and O–H groups in total. The maximum absolute atomic E-state index is 12.8. The third kappa shape index (κ3) is 4.28. The number of hydrogen-bond acceptors (Lipinski definition) is 5. The maximum Gasteiger partial charge on any atom is 0.243 e. The topological polar surface area (TPSA) is 46.6 Å². The van der Waals surface area contributed by atoms with Crippen molar-refractivity contribution < 1.29 is 14.3 Å². The smallest absolute Gasteiger partial charge is 0.243 e. The Balaban J connectivity index is 1.28. The zero-order chi connectivity index (χ0) is 22.0. The summed E-state index contributed by atoms with van der Waals surface area (Å²) in [6.07, 6.45) is 13.8. The van der Waals surface area contributed by atoms with E-state index >= 15 is 0 Å². The minimum atomic E-state index is -0.355. The first kappa shape index (κ1) is 21.5. The fraction of sp³-hybridized carbons (Fsp3) is 0.407. The van der Waals surface area contributed by atoms with Crippen LogP contribution in [0.4, 0.5) is 0 Å². The van der Waals surface area contributed by atoms with Crippen molar-refractivity contribution in [2.24, 2.45) is 0 Å². The molecule has 4 nitrogen and oxygen atoms in total. The van der Waals surface area contributed by atoms with E-state index < -0.39 is 0 Å². The van der Waals surface area contributed by atoms with Crippen molar-refractivity contribution in [2.75, 3.05) is 25.4 Å². The molecule has 32 heavy (non-hydrogen) atoms. The average molecular weight is 448 g/mol. The number of thioether (sulfide) groups is 1. The Morgan fingerprint density at radius 1 is 1.03 bits per heavy atom. The Labute approximate surface area is 194 Å². The second-order valence-electron chi connectivity index (χ2n) is 9.03. The summed E-state index contributed by atoms with van der Waals surface area (Å²) in [6, 6.07) is 10.4.